The molecule has 1 saturated carbocycles. The molecule has 0 radical (unpaired) electrons. The lowest BCUT2D eigenvalue weighted by atomic mass is 9.84. The summed E-state index contributed by atoms with van der Waals surface area (Å²) in [6.07, 6.45) is 10.0. The standard InChI is InChI=1S/C18H24N2O3/c21-17(7-6-16-5-2-12-23-16)20-10-8-14(9-11-20)13-19-18(22)15-3-1-4-15/h2,5-7,12,14-15H,1,3-4,8-11,13H2,(H,19,22)/b7-6+. The molecule has 1 aromatic heterocycles. The van der Waals surface area contributed by atoms with Crippen molar-refractivity contribution in [3.05, 3.63) is 30.2 Å². The lowest BCUT2D eigenvalue weighted by Crippen LogP contribution is -2.42. The summed E-state index contributed by atoms with van der Waals surface area (Å²) in [5, 5.41) is 3.07. The molecule has 5 nitrogen and oxygen atoms in total. The van der Waals surface area contributed by atoms with Gasteiger partial charge in [0.05, 0.1) is 6.26 Å². The van der Waals surface area contributed by atoms with E-state index in [-0.39, 0.29) is 17.7 Å². The monoisotopic (exact) mass is 316 g/mol. The van der Waals surface area contributed by atoms with Crippen LogP contribution in [-0.2, 0) is 9.59 Å². The van der Waals surface area contributed by atoms with Gasteiger partial charge in [-0.1, -0.05) is 6.42 Å². The molecule has 0 aromatic carbocycles. The topological polar surface area (TPSA) is 62.6 Å². The van der Waals surface area contributed by atoms with Gasteiger partial charge in [0.25, 0.3) is 0 Å². The van der Waals surface area contributed by atoms with E-state index in [1.807, 2.05) is 11.0 Å². The summed E-state index contributed by atoms with van der Waals surface area (Å²) in [6.45, 7) is 2.26. The predicted octanol–water partition coefficient (Wildman–Crippen LogP) is 2.45. The van der Waals surface area contributed by atoms with Crippen LogP contribution >= 0.6 is 0 Å². The number of nitrogens with one attached hydrogen (secondary N) is 1. The SMILES string of the molecule is O=C(NCC1CCN(C(=O)/C=C/c2ccco2)CC1)C1CCC1. The molecule has 1 saturated heterocycles. The molecule has 1 aliphatic carbocycles. The van der Waals surface area contributed by atoms with E-state index in [0.29, 0.717) is 11.7 Å². The number of rotatable bonds is 5. The van der Waals surface area contributed by atoms with E-state index in [9.17, 15) is 9.59 Å². The zero-order chi connectivity index (χ0) is 16.1. The average molecular weight is 316 g/mol. The van der Waals surface area contributed by atoms with Gasteiger partial charge < -0.3 is 14.6 Å². The molecule has 3 rings (SSSR count). The number of piperidine rings is 1. The molecule has 124 valence electrons. The van der Waals surface area contributed by atoms with Crippen molar-refractivity contribution >= 4 is 17.9 Å². The van der Waals surface area contributed by atoms with E-state index in [1.54, 1.807) is 24.5 Å². The molecule has 1 aromatic rings. The first-order chi connectivity index (χ1) is 11.2. The zero-order valence-electron chi connectivity index (χ0n) is 13.4. The Balaban J connectivity index is 1.37. The van der Waals surface area contributed by atoms with E-state index in [0.717, 1.165) is 45.3 Å². The van der Waals surface area contributed by atoms with Crippen molar-refractivity contribution in [3.63, 3.8) is 0 Å². The number of likely N-dealkylation sites (tertiary alicyclic amines) is 1. The number of carbonyl (C=O) groups is 2. The molecular formula is C18H24N2O3. The van der Waals surface area contributed by atoms with E-state index in [2.05, 4.69) is 5.32 Å². The van der Waals surface area contributed by atoms with Crippen LogP contribution in [0.25, 0.3) is 6.08 Å². The summed E-state index contributed by atoms with van der Waals surface area (Å²) in [5.41, 5.74) is 0. The summed E-state index contributed by atoms with van der Waals surface area (Å²) in [6, 6.07) is 3.62. The fourth-order valence-electron chi connectivity index (χ4n) is 3.06. The third-order valence-corrected chi connectivity index (χ3v) is 4.90. The van der Waals surface area contributed by atoms with Crippen molar-refractivity contribution in [3.8, 4) is 0 Å². The van der Waals surface area contributed by atoms with Gasteiger partial charge in [-0.15, -0.1) is 0 Å². The van der Waals surface area contributed by atoms with Gasteiger partial charge in [0.15, 0.2) is 0 Å². The fraction of sp³-hybridized carbons (Fsp3) is 0.556. The maximum absolute atomic E-state index is 12.1. The molecule has 0 bridgehead atoms. The van der Waals surface area contributed by atoms with Gasteiger partial charge >= 0.3 is 0 Å². The molecule has 5 heteroatoms. The molecule has 23 heavy (non-hydrogen) atoms. The van der Waals surface area contributed by atoms with Crippen molar-refractivity contribution in [1.29, 1.82) is 0 Å². The number of carbonyl (C=O) groups excluding carboxylic acids is 2. The molecule has 1 aliphatic heterocycles. The summed E-state index contributed by atoms with van der Waals surface area (Å²) < 4.78 is 5.18. The highest BCUT2D eigenvalue weighted by Gasteiger charge is 2.26. The largest absolute Gasteiger partial charge is 0.465 e. The molecule has 1 N–H and O–H groups in total. The Labute approximate surface area is 136 Å². The smallest absolute Gasteiger partial charge is 0.246 e. The Hall–Kier alpha value is -2.04. The van der Waals surface area contributed by atoms with Gasteiger partial charge in [-0.2, -0.15) is 0 Å². The van der Waals surface area contributed by atoms with Crippen LogP contribution in [0.1, 0.15) is 37.9 Å². The lowest BCUT2D eigenvalue weighted by Gasteiger charge is -2.32. The summed E-state index contributed by atoms with van der Waals surface area (Å²) in [5.74, 6) is 1.67. The van der Waals surface area contributed by atoms with Gasteiger partial charge in [0.1, 0.15) is 5.76 Å². The highest BCUT2D eigenvalue weighted by molar-refractivity contribution is 5.91. The van der Waals surface area contributed by atoms with Crippen LogP contribution in [0.5, 0.6) is 0 Å². The average Bonchev–Trinajstić information content (AvgIpc) is 3.03. The number of amides is 2. The van der Waals surface area contributed by atoms with Crippen molar-refractivity contribution in [2.24, 2.45) is 11.8 Å². The maximum atomic E-state index is 12.1. The second kappa shape index (κ2) is 7.49. The molecule has 2 fully saturated rings. The molecular weight excluding hydrogens is 292 g/mol. The van der Waals surface area contributed by atoms with Crippen molar-refractivity contribution in [2.45, 2.75) is 32.1 Å². The molecule has 0 spiro atoms. The minimum atomic E-state index is 0.0263. The Kier molecular flexibility index (Phi) is 5.16. The third kappa shape index (κ3) is 4.24. The van der Waals surface area contributed by atoms with Gasteiger partial charge in [-0.05, 0) is 49.8 Å². The van der Waals surface area contributed by atoms with Crippen LogP contribution in [0.4, 0.5) is 0 Å². The van der Waals surface area contributed by atoms with E-state index >= 15 is 0 Å². The Morgan fingerprint density at radius 2 is 2.04 bits per heavy atom. The maximum Gasteiger partial charge on any atom is 0.246 e. The second-order valence-corrected chi connectivity index (χ2v) is 6.49. The van der Waals surface area contributed by atoms with Crippen molar-refractivity contribution in [2.75, 3.05) is 19.6 Å². The first-order valence-electron chi connectivity index (χ1n) is 8.50. The number of nitrogens with zero attached hydrogens (tertiary/aromatic N) is 1. The van der Waals surface area contributed by atoms with Gasteiger partial charge in [-0.25, -0.2) is 0 Å². The molecule has 2 heterocycles. The second-order valence-electron chi connectivity index (χ2n) is 6.49. The Morgan fingerprint density at radius 3 is 2.65 bits per heavy atom. The Bertz CT molecular complexity index is 553. The molecule has 2 aliphatic rings. The lowest BCUT2D eigenvalue weighted by molar-refractivity contribution is -0.129. The first-order valence-corrected chi connectivity index (χ1v) is 8.50. The quantitative estimate of drug-likeness (QED) is 0.849. The fourth-order valence-corrected chi connectivity index (χ4v) is 3.06. The normalized spacial score (nSPS) is 19.7. The van der Waals surface area contributed by atoms with Crippen LogP contribution in [0.2, 0.25) is 0 Å². The van der Waals surface area contributed by atoms with Crippen molar-refractivity contribution < 1.29 is 14.0 Å². The van der Waals surface area contributed by atoms with Gasteiger partial charge in [0.2, 0.25) is 11.8 Å². The molecule has 2 amide bonds. The van der Waals surface area contributed by atoms with E-state index in [4.69, 9.17) is 4.42 Å². The van der Waals surface area contributed by atoms with E-state index in [1.165, 1.54) is 6.42 Å². The van der Waals surface area contributed by atoms with Crippen molar-refractivity contribution in [1.82, 2.24) is 10.2 Å². The van der Waals surface area contributed by atoms with Crippen LogP contribution in [-0.4, -0.2) is 36.3 Å². The number of hydrogen-bond donors (Lipinski definition) is 1. The van der Waals surface area contributed by atoms with Crippen LogP contribution in [0, 0.1) is 11.8 Å². The van der Waals surface area contributed by atoms with Crippen LogP contribution < -0.4 is 5.32 Å². The summed E-state index contributed by atoms with van der Waals surface area (Å²) >= 11 is 0. The number of furan rings is 1. The first kappa shape index (κ1) is 15.8. The third-order valence-electron chi connectivity index (χ3n) is 4.90. The minimum Gasteiger partial charge on any atom is -0.465 e. The summed E-state index contributed by atoms with van der Waals surface area (Å²) in [7, 11) is 0. The van der Waals surface area contributed by atoms with Gasteiger partial charge in [-0.3, -0.25) is 9.59 Å². The number of hydrogen-bond acceptors (Lipinski definition) is 3. The highest BCUT2D eigenvalue weighted by atomic mass is 16.3. The highest BCUT2D eigenvalue weighted by Crippen LogP contribution is 2.26. The molecule has 0 atom stereocenters. The Morgan fingerprint density at radius 1 is 1.26 bits per heavy atom. The van der Waals surface area contributed by atoms with Crippen LogP contribution in [0.3, 0.4) is 0 Å². The molecule has 0 unspecified atom stereocenters. The van der Waals surface area contributed by atoms with E-state index < -0.39 is 0 Å². The van der Waals surface area contributed by atoms with Crippen LogP contribution in [0.15, 0.2) is 28.9 Å². The minimum absolute atomic E-state index is 0.0263. The van der Waals surface area contributed by atoms with Gasteiger partial charge in [0, 0.05) is 31.6 Å². The predicted molar refractivity (Wildman–Crippen MR) is 87.4 cm³/mol. The summed E-state index contributed by atoms with van der Waals surface area (Å²) in [4.78, 5) is 25.8. The zero-order valence-corrected chi connectivity index (χ0v) is 13.4.